The Hall–Kier alpha value is -2.08. The highest BCUT2D eigenvalue weighted by Crippen LogP contribution is 2.32. The van der Waals surface area contributed by atoms with Crippen LogP contribution in [0.25, 0.3) is 0 Å². The Morgan fingerprint density at radius 1 is 1.26 bits per heavy atom. The Labute approximate surface area is 135 Å². The van der Waals surface area contributed by atoms with E-state index in [-0.39, 0.29) is 5.91 Å². The fraction of sp³-hybridized carbons (Fsp3) is 0.529. The van der Waals surface area contributed by atoms with Gasteiger partial charge in [0.05, 0.1) is 7.11 Å². The number of aryl methyl sites for hydroxylation is 1. The normalized spacial score (nSPS) is 24.0. The number of carbonyl (C=O) groups is 2. The molecule has 2 aliphatic rings. The Morgan fingerprint density at radius 3 is 2.74 bits per heavy atom. The summed E-state index contributed by atoms with van der Waals surface area (Å²) in [6.07, 6.45) is 2.13. The zero-order valence-electron chi connectivity index (χ0n) is 13.2. The van der Waals surface area contributed by atoms with Gasteiger partial charge in [-0.2, -0.15) is 0 Å². The highest BCUT2D eigenvalue weighted by atomic mass is 16.5. The van der Waals surface area contributed by atoms with E-state index >= 15 is 0 Å². The van der Waals surface area contributed by atoms with Crippen molar-refractivity contribution in [3.05, 3.63) is 23.8 Å². The van der Waals surface area contributed by atoms with Crippen LogP contribution in [0.5, 0.6) is 5.75 Å². The summed E-state index contributed by atoms with van der Waals surface area (Å²) >= 11 is 0. The molecule has 1 saturated heterocycles. The lowest BCUT2D eigenvalue weighted by Crippen LogP contribution is -2.40. The maximum atomic E-state index is 12.8. The molecule has 23 heavy (non-hydrogen) atoms. The van der Waals surface area contributed by atoms with Crippen LogP contribution in [-0.4, -0.2) is 42.8 Å². The fourth-order valence-corrected chi connectivity index (χ4v) is 3.26. The molecule has 0 aromatic heterocycles. The van der Waals surface area contributed by atoms with E-state index in [1.54, 1.807) is 12.0 Å². The minimum atomic E-state index is -0.999. The van der Waals surface area contributed by atoms with Gasteiger partial charge in [-0.05, 0) is 55.9 Å². The molecule has 3 rings (SSSR count). The predicted molar refractivity (Wildman–Crippen MR) is 83.8 cm³/mol. The zero-order chi connectivity index (χ0) is 16.4. The maximum absolute atomic E-state index is 12.8. The second-order valence-corrected chi connectivity index (χ2v) is 5.97. The molecule has 1 amide bonds. The first-order chi connectivity index (χ1) is 11.1. The summed E-state index contributed by atoms with van der Waals surface area (Å²) < 4.78 is 10.7. The van der Waals surface area contributed by atoms with Crippen LogP contribution >= 0.6 is 0 Å². The molecule has 0 bridgehead atoms. The van der Waals surface area contributed by atoms with Gasteiger partial charge in [-0.25, -0.2) is 4.79 Å². The van der Waals surface area contributed by atoms with E-state index in [0.29, 0.717) is 19.4 Å². The van der Waals surface area contributed by atoms with Crippen molar-refractivity contribution in [3.63, 3.8) is 0 Å². The van der Waals surface area contributed by atoms with Gasteiger partial charge in [0.2, 0.25) is 0 Å². The lowest BCUT2D eigenvalue weighted by molar-refractivity contribution is -0.151. The topological polar surface area (TPSA) is 76.1 Å². The third kappa shape index (κ3) is 3.17. The molecule has 124 valence electrons. The molecule has 1 N–H and O–H groups in total. The number of carboxylic acids is 1. The number of fused-ring (bicyclic) bond motifs is 1. The number of aliphatic carboxylic acids is 1. The number of carbonyl (C=O) groups excluding carboxylic acids is 1. The summed E-state index contributed by atoms with van der Waals surface area (Å²) in [6, 6.07) is 5.72. The van der Waals surface area contributed by atoms with Crippen LogP contribution in [0.1, 0.15) is 31.2 Å². The zero-order valence-corrected chi connectivity index (χ0v) is 13.2. The maximum Gasteiger partial charge on any atom is 0.332 e. The van der Waals surface area contributed by atoms with Crippen LogP contribution in [0.4, 0.5) is 5.69 Å². The number of hydrogen-bond acceptors (Lipinski definition) is 4. The molecule has 0 unspecified atom stereocenters. The molecule has 2 atom stereocenters. The van der Waals surface area contributed by atoms with Crippen LogP contribution in [-0.2, 0) is 20.7 Å². The van der Waals surface area contributed by atoms with Crippen molar-refractivity contribution < 1.29 is 24.2 Å². The van der Waals surface area contributed by atoms with E-state index in [0.717, 1.165) is 36.3 Å². The first-order valence-corrected chi connectivity index (χ1v) is 7.96. The molecule has 1 aromatic carbocycles. The molecule has 2 heterocycles. The monoisotopic (exact) mass is 319 g/mol. The summed E-state index contributed by atoms with van der Waals surface area (Å²) in [5.41, 5.74) is 1.97. The van der Waals surface area contributed by atoms with Gasteiger partial charge in [-0.15, -0.1) is 0 Å². The average Bonchev–Trinajstić information content (AvgIpc) is 2.96. The second kappa shape index (κ2) is 6.58. The van der Waals surface area contributed by atoms with Gasteiger partial charge in [0, 0.05) is 12.2 Å². The number of carboxylic acid groups (broad SMARTS) is 1. The Kier molecular flexibility index (Phi) is 4.52. The van der Waals surface area contributed by atoms with E-state index in [1.807, 2.05) is 18.2 Å². The SMILES string of the molecule is COc1ccc2c(c1)CCCCN2C(=O)[C@@H]1CC[C@H](C(=O)O)O1. The second-order valence-electron chi connectivity index (χ2n) is 5.97. The Morgan fingerprint density at radius 2 is 2.04 bits per heavy atom. The van der Waals surface area contributed by atoms with Crippen LogP contribution < -0.4 is 9.64 Å². The van der Waals surface area contributed by atoms with E-state index < -0.39 is 18.2 Å². The largest absolute Gasteiger partial charge is 0.497 e. The van der Waals surface area contributed by atoms with Crippen LogP contribution in [0, 0.1) is 0 Å². The van der Waals surface area contributed by atoms with Crippen molar-refractivity contribution >= 4 is 17.6 Å². The Balaban J connectivity index is 1.83. The van der Waals surface area contributed by atoms with E-state index in [9.17, 15) is 9.59 Å². The van der Waals surface area contributed by atoms with Crippen LogP contribution in [0.15, 0.2) is 18.2 Å². The molecule has 6 heteroatoms. The molecule has 1 fully saturated rings. The van der Waals surface area contributed by atoms with Crippen molar-refractivity contribution in [1.29, 1.82) is 0 Å². The van der Waals surface area contributed by atoms with Gasteiger partial charge in [-0.1, -0.05) is 0 Å². The van der Waals surface area contributed by atoms with Crippen molar-refractivity contribution in [2.45, 2.75) is 44.3 Å². The molecule has 0 aliphatic carbocycles. The smallest absolute Gasteiger partial charge is 0.332 e. The van der Waals surface area contributed by atoms with Crippen molar-refractivity contribution in [1.82, 2.24) is 0 Å². The molecule has 2 aliphatic heterocycles. The van der Waals surface area contributed by atoms with Gasteiger partial charge in [0.15, 0.2) is 6.10 Å². The summed E-state index contributed by atoms with van der Waals surface area (Å²) in [4.78, 5) is 25.6. The fourth-order valence-electron chi connectivity index (χ4n) is 3.26. The predicted octanol–water partition coefficient (Wildman–Crippen LogP) is 2.00. The minimum Gasteiger partial charge on any atom is -0.497 e. The summed E-state index contributed by atoms with van der Waals surface area (Å²) in [7, 11) is 1.62. The van der Waals surface area contributed by atoms with E-state index in [1.165, 1.54) is 0 Å². The number of hydrogen-bond donors (Lipinski definition) is 1. The first kappa shape index (κ1) is 15.8. The van der Waals surface area contributed by atoms with Crippen LogP contribution in [0.2, 0.25) is 0 Å². The van der Waals surface area contributed by atoms with E-state index in [4.69, 9.17) is 14.6 Å². The van der Waals surface area contributed by atoms with Crippen molar-refractivity contribution in [3.8, 4) is 5.75 Å². The van der Waals surface area contributed by atoms with Crippen molar-refractivity contribution in [2.75, 3.05) is 18.6 Å². The van der Waals surface area contributed by atoms with Crippen LogP contribution in [0.3, 0.4) is 0 Å². The molecular formula is C17H21NO5. The minimum absolute atomic E-state index is 0.137. The number of ether oxygens (including phenoxy) is 2. The average molecular weight is 319 g/mol. The van der Waals surface area contributed by atoms with E-state index in [2.05, 4.69) is 0 Å². The van der Waals surface area contributed by atoms with Gasteiger partial charge in [0.1, 0.15) is 11.9 Å². The molecule has 1 aromatic rings. The molecule has 0 saturated carbocycles. The highest BCUT2D eigenvalue weighted by molar-refractivity contribution is 5.98. The number of amides is 1. The number of nitrogens with zero attached hydrogens (tertiary/aromatic N) is 1. The third-order valence-electron chi connectivity index (χ3n) is 4.49. The van der Waals surface area contributed by atoms with Gasteiger partial charge in [0.25, 0.3) is 5.91 Å². The number of rotatable bonds is 3. The first-order valence-electron chi connectivity index (χ1n) is 7.96. The van der Waals surface area contributed by atoms with Gasteiger partial charge < -0.3 is 19.5 Å². The van der Waals surface area contributed by atoms with Gasteiger partial charge in [-0.3, -0.25) is 4.79 Å². The van der Waals surface area contributed by atoms with Gasteiger partial charge >= 0.3 is 5.97 Å². The summed E-state index contributed by atoms with van der Waals surface area (Å²) in [5.74, 6) is -0.357. The highest BCUT2D eigenvalue weighted by Gasteiger charge is 2.37. The molecule has 0 spiro atoms. The molecule has 0 radical (unpaired) electrons. The summed E-state index contributed by atoms with van der Waals surface area (Å²) in [6.45, 7) is 0.635. The third-order valence-corrected chi connectivity index (χ3v) is 4.49. The van der Waals surface area contributed by atoms with Crippen molar-refractivity contribution in [2.24, 2.45) is 0 Å². The molecule has 6 nitrogen and oxygen atoms in total. The number of methoxy groups -OCH3 is 1. The lowest BCUT2D eigenvalue weighted by atomic mass is 10.1. The molecular weight excluding hydrogens is 298 g/mol. The summed E-state index contributed by atoms with van der Waals surface area (Å²) in [5, 5.41) is 9.02. The standard InChI is InChI=1S/C17H21NO5/c1-22-12-5-6-13-11(10-12)4-2-3-9-18(13)16(19)14-7-8-15(23-14)17(20)21/h5-6,10,14-15H,2-4,7-9H2,1H3,(H,20,21)/t14-,15+/m0/s1. The quantitative estimate of drug-likeness (QED) is 0.922. The number of benzene rings is 1. The Bertz CT molecular complexity index is 615. The lowest BCUT2D eigenvalue weighted by Gasteiger charge is -2.26. The number of anilines is 1.